The van der Waals surface area contributed by atoms with Gasteiger partial charge in [0.15, 0.2) is 5.96 Å². The summed E-state index contributed by atoms with van der Waals surface area (Å²) in [6.45, 7) is 11.0. The number of nitrogens with one attached hydrogen (secondary N) is 2. The molecule has 0 radical (unpaired) electrons. The fraction of sp³-hybridized carbons (Fsp3) is 0.478. The minimum absolute atomic E-state index is 0.217. The van der Waals surface area contributed by atoms with Crippen molar-refractivity contribution in [2.24, 2.45) is 4.99 Å². The summed E-state index contributed by atoms with van der Waals surface area (Å²) in [5.74, 6) is 2.66. The molecule has 6 nitrogen and oxygen atoms in total. The maximum Gasteiger partial charge on any atom is 0.191 e. The zero-order chi connectivity index (χ0) is 20.6. The van der Waals surface area contributed by atoms with E-state index in [1.54, 1.807) is 0 Å². The Kier molecular flexibility index (Phi) is 7.33. The van der Waals surface area contributed by atoms with Gasteiger partial charge in [-0.15, -0.1) is 0 Å². The second-order valence-corrected chi connectivity index (χ2v) is 7.31. The molecule has 0 fully saturated rings. The first-order valence-corrected chi connectivity index (χ1v) is 10.5. The fourth-order valence-corrected chi connectivity index (χ4v) is 3.50. The molecule has 1 atom stereocenters. The molecule has 1 unspecified atom stereocenters. The quantitative estimate of drug-likeness (QED) is 0.529. The van der Waals surface area contributed by atoms with Gasteiger partial charge in [-0.05, 0) is 63.4 Å². The zero-order valence-corrected chi connectivity index (χ0v) is 17.9. The Morgan fingerprint density at radius 2 is 2.14 bits per heavy atom. The minimum Gasteiger partial charge on any atom is -0.494 e. The van der Waals surface area contributed by atoms with Crippen LogP contribution < -0.4 is 20.1 Å². The zero-order valence-electron chi connectivity index (χ0n) is 17.9. The van der Waals surface area contributed by atoms with E-state index in [4.69, 9.17) is 14.5 Å². The van der Waals surface area contributed by atoms with Gasteiger partial charge in [0.1, 0.15) is 17.6 Å². The molecule has 1 aromatic carbocycles. The van der Waals surface area contributed by atoms with Crippen LogP contribution in [0.15, 0.2) is 35.6 Å². The average molecular weight is 397 g/mol. The van der Waals surface area contributed by atoms with Crippen molar-refractivity contribution < 1.29 is 9.47 Å². The number of nitrogens with zero attached hydrogens (tertiary/aromatic N) is 2. The number of aromatic nitrogens is 1. The van der Waals surface area contributed by atoms with Gasteiger partial charge in [-0.25, -0.2) is 4.99 Å². The lowest BCUT2D eigenvalue weighted by molar-refractivity contribution is 0.254. The number of aliphatic imine (C=N–C) groups is 1. The SMILES string of the molecule is CCNC(=NCc1cc2c(cc1OCC)CC(C)O2)NCCc1ccncc1C. The van der Waals surface area contributed by atoms with Gasteiger partial charge in [-0.1, -0.05) is 0 Å². The van der Waals surface area contributed by atoms with Crippen molar-refractivity contribution in [2.75, 3.05) is 19.7 Å². The highest BCUT2D eigenvalue weighted by Crippen LogP contribution is 2.35. The number of hydrogen-bond donors (Lipinski definition) is 2. The molecule has 3 rings (SSSR count). The van der Waals surface area contributed by atoms with E-state index in [2.05, 4.69) is 54.6 Å². The number of aryl methyl sites for hydroxylation is 1. The van der Waals surface area contributed by atoms with Crippen molar-refractivity contribution in [2.45, 2.75) is 53.2 Å². The van der Waals surface area contributed by atoms with Gasteiger partial charge in [0, 0.05) is 43.0 Å². The highest BCUT2D eigenvalue weighted by Gasteiger charge is 2.21. The molecule has 0 amide bonds. The molecule has 29 heavy (non-hydrogen) atoms. The van der Waals surface area contributed by atoms with Gasteiger partial charge in [0.2, 0.25) is 0 Å². The van der Waals surface area contributed by atoms with E-state index in [9.17, 15) is 0 Å². The Labute approximate surface area is 173 Å². The molecule has 1 aliphatic heterocycles. The number of guanidine groups is 1. The Hall–Kier alpha value is -2.76. The first-order valence-electron chi connectivity index (χ1n) is 10.5. The van der Waals surface area contributed by atoms with Crippen LogP contribution in [0.25, 0.3) is 0 Å². The van der Waals surface area contributed by atoms with E-state index in [1.165, 1.54) is 16.7 Å². The van der Waals surface area contributed by atoms with Crippen LogP contribution >= 0.6 is 0 Å². The van der Waals surface area contributed by atoms with Crippen LogP contribution in [-0.4, -0.2) is 36.7 Å². The largest absolute Gasteiger partial charge is 0.494 e. The summed E-state index contributed by atoms with van der Waals surface area (Å²) in [6.07, 6.45) is 5.81. The third-order valence-corrected chi connectivity index (χ3v) is 4.95. The first-order chi connectivity index (χ1) is 14.1. The number of fused-ring (bicyclic) bond motifs is 1. The normalized spacial score (nSPS) is 15.6. The summed E-state index contributed by atoms with van der Waals surface area (Å²) in [4.78, 5) is 8.93. The maximum absolute atomic E-state index is 5.92. The van der Waals surface area contributed by atoms with Gasteiger partial charge in [0.25, 0.3) is 0 Å². The van der Waals surface area contributed by atoms with Crippen LogP contribution in [0.3, 0.4) is 0 Å². The lowest BCUT2D eigenvalue weighted by Crippen LogP contribution is -2.38. The Balaban J connectivity index is 1.68. The lowest BCUT2D eigenvalue weighted by atomic mass is 10.1. The number of rotatable bonds is 8. The predicted molar refractivity (Wildman–Crippen MR) is 117 cm³/mol. The van der Waals surface area contributed by atoms with E-state index < -0.39 is 0 Å². The lowest BCUT2D eigenvalue weighted by Gasteiger charge is -2.14. The smallest absolute Gasteiger partial charge is 0.191 e. The van der Waals surface area contributed by atoms with Crippen molar-refractivity contribution in [3.63, 3.8) is 0 Å². The van der Waals surface area contributed by atoms with Gasteiger partial charge >= 0.3 is 0 Å². The Morgan fingerprint density at radius 3 is 2.90 bits per heavy atom. The molecule has 156 valence electrons. The van der Waals surface area contributed by atoms with Gasteiger partial charge in [-0.3, -0.25) is 4.98 Å². The second-order valence-electron chi connectivity index (χ2n) is 7.31. The third kappa shape index (κ3) is 5.62. The summed E-state index contributed by atoms with van der Waals surface area (Å²) in [7, 11) is 0. The van der Waals surface area contributed by atoms with Crippen LogP contribution in [0.2, 0.25) is 0 Å². The van der Waals surface area contributed by atoms with Crippen molar-refractivity contribution >= 4 is 5.96 Å². The third-order valence-electron chi connectivity index (χ3n) is 4.95. The number of ether oxygens (including phenoxy) is 2. The number of benzene rings is 1. The highest BCUT2D eigenvalue weighted by molar-refractivity contribution is 5.79. The molecule has 0 bridgehead atoms. The van der Waals surface area contributed by atoms with Crippen molar-refractivity contribution in [3.05, 3.63) is 52.8 Å². The molecule has 2 N–H and O–H groups in total. The van der Waals surface area contributed by atoms with Crippen molar-refractivity contribution in [3.8, 4) is 11.5 Å². The number of pyridine rings is 1. The molecule has 0 saturated carbocycles. The molecule has 0 spiro atoms. The van der Waals surface area contributed by atoms with E-state index in [1.807, 2.05) is 19.3 Å². The molecule has 2 aromatic rings. The predicted octanol–water partition coefficient (Wildman–Crippen LogP) is 3.41. The van der Waals surface area contributed by atoms with E-state index in [0.29, 0.717) is 13.2 Å². The monoisotopic (exact) mass is 396 g/mol. The molecule has 0 saturated heterocycles. The Morgan fingerprint density at radius 1 is 1.28 bits per heavy atom. The molecule has 1 aliphatic rings. The number of hydrogen-bond acceptors (Lipinski definition) is 4. The highest BCUT2D eigenvalue weighted by atomic mass is 16.5. The summed E-state index contributed by atoms with van der Waals surface area (Å²) in [6, 6.07) is 6.26. The van der Waals surface area contributed by atoms with Gasteiger partial charge in [-0.2, -0.15) is 0 Å². The van der Waals surface area contributed by atoms with Crippen LogP contribution in [0.4, 0.5) is 0 Å². The molecule has 2 heterocycles. The summed E-state index contributed by atoms with van der Waals surface area (Å²) in [5, 5.41) is 6.74. The van der Waals surface area contributed by atoms with E-state index in [0.717, 1.165) is 49.0 Å². The van der Waals surface area contributed by atoms with Crippen LogP contribution in [0.5, 0.6) is 11.5 Å². The fourth-order valence-electron chi connectivity index (χ4n) is 3.50. The first kappa shape index (κ1) is 21.0. The summed E-state index contributed by atoms with van der Waals surface area (Å²) >= 11 is 0. The average Bonchev–Trinajstić information content (AvgIpc) is 3.06. The van der Waals surface area contributed by atoms with Crippen molar-refractivity contribution in [1.82, 2.24) is 15.6 Å². The molecular weight excluding hydrogens is 364 g/mol. The van der Waals surface area contributed by atoms with Crippen LogP contribution in [0, 0.1) is 6.92 Å². The van der Waals surface area contributed by atoms with Crippen LogP contribution in [0.1, 0.15) is 43.0 Å². The molecular formula is C23H32N4O2. The summed E-state index contributed by atoms with van der Waals surface area (Å²) in [5.41, 5.74) is 4.77. The topological polar surface area (TPSA) is 67.8 Å². The van der Waals surface area contributed by atoms with Gasteiger partial charge < -0.3 is 20.1 Å². The summed E-state index contributed by atoms with van der Waals surface area (Å²) < 4.78 is 11.8. The minimum atomic E-state index is 0.217. The molecule has 6 heteroatoms. The van der Waals surface area contributed by atoms with Crippen LogP contribution in [-0.2, 0) is 19.4 Å². The van der Waals surface area contributed by atoms with E-state index in [-0.39, 0.29) is 6.10 Å². The second kappa shape index (κ2) is 10.1. The molecule has 0 aliphatic carbocycles. The Bertz CT molecular complexity index is 851. The van der Waals surface area contributed by atoms with E-state index >= 15 is 0 Å². The maximum atomic E-state index is 5.92. The van der Waals surface area contributed by atoms with Gasteiger partial charge in [0.05, 0.1) is 13.2 Å². The van der Waals surface area contributed by atoms with Crippen molar-refractivity contribution in [1.29, 1.82) is 0 Å². The molecule has 1 aromatic heterocycles. The standard InChI is InChI=1S/C23H32N4O2/c1-5-25-23(26-10-8-18-7-9-24-14-16(18)3)27-15-20-13-22-19(11-17(4)29-22)12-21(20)28-6-2/h7,9,12-14,17H,5-6,8,10-11,15H2,1-4H3,(H2,25,26,27).